The first-order valence-corrected chi connectivity index (χ1v) is 8.20. The normalized spacial score (nSPS) is 13.1. The van der Waals surface area contributed by atoms with Crippen molar-refractivity contribution in [1.82, 2.24) is 0 Å². The van der Waals surface area contributed by atoms with Gasteiger partial charge in [0.25, 0.3) is 0 Å². The summed E-state index contributed by atoms with van der Waals surface area (Å²) >= 11 is 7.08. The van der Waals surface area contributed by atoms with Crippen molar-refractivity contribution in [2.75, 3.05) is 17.8 Å². The fourth-order valence-electron chi connectivity index (χ4n) is 2.33. The number of rotatable bonds is 6. The molecule has 0 saturated carbocycles. The fourth-order valence-corrected chi connectivity index (χ4v) is 3.76. The van der Waals surface area contributed by atoms with E-state index < -0.39 is 0 Å². The number of amides is 1. The standard InChI is InChI=1S/C14H18ClNO3S/c1-2-19-14(18)12-9-5-3-6-10(9)20-13(12)16-11(17)7-4-8-15/h2-8H2,1H3,(H,16,17). The summed E-state index contributed by atoms with van der Waals surface area (Å²) in [5.74, 6) is 0.0229. The van der Waals surface area contributed by atoms with Crippen LogP contribution in [0, 0.1) is 0 Å². The van der Waals surface area contributed by atoms with Crippen molar-refractivity contribution in [3.63, 3.8) is 0 Å². The van der Waals surface area contributed by atoms with Gasteiger partial charge in [-0.1, -0.05) is 0 Å². The van der Waals surface area contributed by atoms with Crippen LogP contribution in [-0.4, -0.2) is 24.4 Å². The molecule has 6 heteroatoms. The van der Waals surface area contributed by atoms with Crippen molar-refractivity contribution in [2.45, 2.75) is 39.0 Å². The van der Waals surface area contributed by atoms with E-state index in [1.807, 2.05) is 0 Å². The zero-order valence-electron chi connectivity index (χ0n) is 11.5. The largest absolute Gasteiger partial charge is 0.462 e. The number of anilines is 1. The molecular weight excluding hydrogens is 298 g/mol. The van der Waals surface area contributed by atoms with Crippen LogP contribution in [0.15, 0.2) is 0 Å². The second kappa shape index (κ2) is 7.09. The number of thiophene rings is 1. The highest BCUT2D eigenvalue weighted by Gasteiger charge is 2.28. The third kappa shape index (κ3) is 3.33. The average Bonchev–Trinajstić information content (AvgIpc) is 2.96. The monoisotopic (exact) mass is 315 g/mol. The highest BCUT2D eigenvalue weighted by atomic mass is 35.5. The van der Waals surface area contributed by atoms with Crippen LogP contribution in [0.25, 0.3) is 0 Å². The summed E-state index contributed by atoms with van der Waals surface area (Å²) in [7, 11) is 0. The number of hydrogen-bond acceptors (Lipinski definition) is 4. The molecule has 0 bridgehead atoms. The number of hydrogen-bond donors (Lipinski definition) is 1. The lowest BCUT2D eigenvalue weighted by atomic mass is 10.1. The van der Waals surface area contributed by atoms with Crippen LogP contribution in [0.4, 0.5) is 5.00 Å². The van der Waals surface area contributed by atoms with Gasteiger partial charge in [-0.2, -0.15) is 0 Å². The van der Waals surface area contributed by atoms with E-state index in [1.165, 1.54) is 16.2 Å². The molecular formula is C14H18ClNO3S. The minimum Gasteiger partial charge on any atom is -0.462 e. The molecule has 1 aromatic heterocycles. The van der Waals surface area contributed by atoms with Gasteiger partial charge in [0.2, 0.25) is 5.91 Å². The van der Waals surface area contributed by atoms with Crippen LogP contribution in [0.3, 0.4) is 0 Å². The summed E-state index contributed by atoms with van der Waals surface area (Å²) in [5, 5.41) is 3.47. The summed E-state index contributed by atoms with van der Waals surface area (Å²) in [6.07, 6.45) is 3.93. The van der Waals surface area contributed by atoms with Gasteiger partial charge >= 0.3 is 5.97 Å². The second-order valence-corrected chi connectivity index (χ2v) is 6.11. The number of carbonyl (C=O) groups is 2. The van der Waals surface area contributed by atoms with Crippen molar-refractivity contribution in [2.24, 2.45) is 0 Å². The first-order chi connectivity index (χ1) is 9.67. The molecule has 0 aromatic carbocycles. The summed E-state index contributed by atoms with van der Waals surface area (Å²) < 4.78 is 5.11. The zero-order chi connectivity index (χ0) is 14.5. The highest BCUT2D eigenvalue weighted by Crippen LogP contribution is 2.39. The van der Waals surface area contributed by atoms with Crippen LogP contribution in [0.2, 0.25) is 0 Å². The number of alkyl halides is 1. The van der Waals surface area contributed by atoms with E-state index in [1.54, 1.807) is 6.92 Å². The Morgan fingerprint density at radius 2 is 2.20 bits per heavy atom. The molecule has 1 aliphatic rings. The molecule has 0 fully saturated rings. The number of carbonyl (C=O) groups excluding carboxylic acids is 2. The quantitative estimate of drug-likeness (QED) is 0.647. The minimum absolute atomic E-state index is 0.101. The molecule has 1 N–H and O–H groups in total. The first kappa shape index (κ1) is 15.3. The lowest BCUT2D eigenvalue weighted by Crippen LogP contribution is -2.14. The molecule has 0 atom stereocenters. The third-order valence-electron chi connectivity index (χ3n) is 3.19. The van der Waals surface area contributed by atoms with E-state index in [0.717, 1.165) is 24.8 Å². The Hall–Kier alpha value is -1.07. The van der Waals surface area contributed by atoms with Crippen LogP contribution in [-0.2, 0) is 22.4 Å². The van der Waals surface area contributed by atoms with Crippen molar-refractivity contribution in [3.05, 3.63) is 16.0 Å². The second-order valence-electron chi connectivity index (χ2n) is 4.62. The van der Waals surface area contributed by atoms with Gasteiger partial charge in [0.15, 0.2) is 0 Å². The summed E-state index contributed by atoms with van der Waals surface area (Å²) in [5.41, 5.74) is 1.62. The molecule has 0 radical (unpaired) electrons. The molecule has 0 spiro atoms. The Balaban J connectivity index is 2.19. The van der Waals surface area contributed by atoms with E-state index in [-0.39, 0.29) is 11.9 Å². The molecule has 1 amide bonds. The zero-order valence-corrected chi connectivity index (χ0v) is 13.0. The molecule has 0 unspecified atom stereocenters. The van der Waals surface area contributed by atoms with Crippen molar-refractivity contribution < 1.29 is 14.3 Å². The maximum atomic E-state index is 12.1. The number of aryl methyl sites for hydroxylation is 1. The molecule has 110 valence electrons. The highest BCUT2D eigenvalue weighted by molar-refractivity contribution is 7.17. The van der Waals surface area contributed by atoms with Gasteiger partial charge in [-0.25, -0.2) is 4.79 Å². The van der Waals surface area contributed by atoms with Crippen molar-refractivity contribution >= 4 is 39.8 Å². The Kier molecular flexibility index (Phi) is 5.43. The van der Waals surface area contributed by atoms with Gasteiger partial charge < -0.3 is 10.1 Å². The summed E-state index contributed by atoms with van der Waals surface area (Å²) in [4.78, 5) is 25.1. The van der Waals surface area contributed by atoms with E-state index in [0.29, 0.717) is 35.9 Å². The van der Waals surface area contributed by atoms with Gasteiger partial charge in [0.1, 0.15) is 5.00 Å². The predicted octanol–water partition coefficient (Wildman–Crippen LogP) is 3.37. The van der Waals surface area contributed by atoms with E-state index in [9.17, 15) is 9.59 Å². The SMILES string of the molecule is CCOC(=O)c1c(NC(=O)CCCCl)sc2c1CCC2. The molecule has 0 aliphatic heterocycles. The summed E-state index contributed by atoms with van der Waals surface area (Å²) in [6.45, 7) is 2.12. The van der Waals surface area contributed by atoms with Gasteiger partial charge in [-0.15, -0.1) is 22.9 Å². The fraction of sp³-hybridized carbons (Fsp3) is 0.571. The van der Waals surface area contributed by atoms with Gasteiger partial charge in [-0.3, -0.25) is 4.79 Å². The molecule has 1 aromatic rings. The lowest BCUT2D eigenvalue weighted by Gasteiger charge is -2.07. The maximum absolute atomic E-state index is 12.1. The lowest BCUT2D eigenvalue weighted by molar-refractivity contribution is -0.116. The molecule has 1 aliphatic carbocycles. The number of fused-ring (bicyclic) bond motifs is 1. The van der Waals surface area contributed by atoms with Crippen molar-refractivity contribution in [1.29, 1.82) is 0 Å². The van der Waals surface area contributed by atoms with Crippen molar-refractivity contribution in [3.8, 4) is 0 Å². The van der Waals surface area contributed by atoms with Gasteiger partial charge in [0.05, 0.1) is 12.2 Å². The van der Waals surface area contributed by atoms with Gasteiger partial charge in [0, 0.05) is 17.2 Å². The molecule has 0 saturated heterocycles. The van der Waals surface area contributed by atoms with E-state index in [2.05, 4.69) is 5.32 Å². The molecule has 1 heterocycles. The van der Waals surface area contributed by atoms with Crippen LogP contribution < -0.4 is 5.32 Å². The Bertz CT molecular complexity index is 513. The topological polar surface area (TPSA) is 55.4 Å². The number of esters is 1. The van der Waals surface area contributed by atoms with Gasteiger partial charge in [-0.05, 0) is 38.2 Å². The molecule has 4 nitrogen and oxygen atoms in total. The van der Waals surface area contributed by atoms with Crippen LogP contribution >= 0.6 is 22.9 Å². The maximum Gasteiger partial charge on any atom is 0.341 e. The number of ether oxygens (including phenoxy) is 1. The smallest absolute Gasteiger partial charge is 0.341 e. The van der Waals surface area contributed by atoms with Crippen LogP contribution in [0.5, 0.6) is 0 Å². The van der Waals surface area contributed by atoms with E-state index >= 15 is 0 Å². The number of halogens is 1. The number of nitrogens with one attached hydrogen (secondary N) is 1. The summed E-state index contributed by atoms with van der Waals surface area (Å²) in [6, 6.07) is 0. The molecule has 20 heavy (non-hydrogen) atoms. The minimum atomic E-state index is -0.334. The predicted molar refractivity (Wildman–Crippen MR) is 80.9 cm³/mol. The Morgan fingerprint density at radius 3 is 2.90 bits per heavy atom. The van der Waals surface area contributed by atoms with Crippen LogP contribution in [0.1, 0.15) is 47.0 Å². The Labute approximate surface area is 127 Å². The Morgan fingerprint density at radius 1 is 1.40 bits per heavy atom. The third-order valence-corrected chi connectivity index (χ3v) is 4.67. The average molecular weight is 316 g/mol. The molecule has 2 rings (SSSR count). The van der Waals surface area contributed by atoms with E-state index in [4.69, 9.17) is 16.3 Å². The first-order valence-electron chi connectivity index (χ1n) is 6.84.